The molecule has 2 rings (SSSR count). The van der Waals surface area contributed by atoms with Gasteiger partial charge in [0, 0.05) is 12.5 Å². The fourth-order valence-electron chi connectivity index (χ4n) is 1.61. The largest absolute Gasteiger partial charge is 0.487 e. The van der Waals surface area contributed by atoms with Gasteiger partial charge in [0.05, 0.1) is 11.5 Å². The van der Waals surface area contributed by atoms with Crippen LogP contribution in [0.25, 0.3) is 0 Å². The fraction of sp³-hybridized carbons (Fsp3) is 0.250. The SMILES string of the molecule is O=C(CCCOc1ccccc1[N+](=O)[O-])Nc1ncn[nH]1. The standard InChI is InChI=1S/C12H13N5O4/c18-11(15-12-13-8-14-16-12)6-3-7-21-10-5-2-1-4-9(10)17(19)20/h1-2,4-5,8H,3,6-7H2,(H2,13,14,15,16,18). The number of nitro groups is 1. The van der Waals surface area contributed by atoms with Crippen molar-refractivity contribution in [2.45, 2.75) is 12.8 Å². The van der Waals surface area contributed by atoms with Gasteiger partial charge < -0.3 is 4.74 Å². The summed E-state index contributed by atoms with van der Waals surface area (Å²) in [4.78, 5) is 25.6. The van der Waals surface area contributed by atoms with Gasteiger partial charge in [0.2, 0.25) is 11.9 Å². The van der Waals surface area contributed by atoms with Crippen LogP contribution in [0, 0.1) is 10.1 Å². The van der Waals surface area contributed by atoms with Gasteiger partial charge in [-0.1, -0.05) is 12.1 Å². The molecule has 0 aliphatic carbocycles. The predicted molar refractivity (Wildman–Crippen MR) is 72.8 cm³/mol. The fourth-order valence-corrected chi connectivity index (χ4v) is 1.61. The maximum atomic E-state index is 11.5. The van der Waals surface area contributed by atoms with Crippen molar-refractivity contribution in [3.8, 4) is 5.75 Å². The molecule has 0 spiro atoms. The van der Waals surface area contributed by atoms with E-state index in [4.69, 9.17) is 4.74 Å². The Morgan fingerprint density at radius 1 is 1.43 bits per heavy atom. The van der Waals surface area contributed by atoms with E-state index in [0.717, 1.165) is 0 Å². The summed E-state index contributed by atoms with van der Waals surface area (Å²) in [6.07, 6.45) is 1.92. The van der Waals surface area contributed by atoms with Gasteiger partial charge >= 0.3 is 5.69 Å². The monoisotopic (exact) mass is 291 g/mol. The first kappa shape index (κ1) is 14.4. The number of ether oxygens (including phenoxy) is 1. The van der Waals surface area contributed by atoms with Crippen molar-refractivity contribution >= 4 is 17.5 Å². The molecule has 2 aromatic rings. The van der Waals surface area contributed by atoms with Crippen molar-refractivity contribution in [2.24, 2.45) is 0 Å². The maximum absolute atomic E-state index is 11.5. The van der Waals surface area contributed by atoms with Crippen molar-refractivity contribution < 1.29 is 14.5 Å². The first-order valence-electron chi connectivity index (χ1n) is 6.18. The van der Waals surface area contributed by atoms with Crippen molar-refractivity contribution in [1.82, 2.24) is 15.2 Å². The zero-order valence-corrected chi connectivity index (χ0v) is 11.0. The molecular formula is C12H13N5O4. The van der Waals surface area contributed by atoms with Gasteiger partial charge in [0.1, 0.15) is 6.33 Å². The minimum atomic E-state index is -0.508. The van der Waals surface area contributed by atoms with Gasteiger partial charge in [-0.05, 0) is 12.5 Å². The second-order valence-corrected chi connectivity index (χ2v) is 4.06. The molecule has 21 heavy (non-hydrogen) atoms. The second-order valence-electron chi connectivity index (χ2n) is 4.06. The number of aromatic amines is 1. The normalized spacial score (nSPS) is 10.1. The highest BCUT2D eigenvalue weighted by Gasteiger charge is 2.13. The van der Waals surface area contributed by atoms with E-state index in [1.54, 1.807) is 12.1 Å². The van der Waals surface area contributed by atoms with Crippen molar-refractivity contribution in [1.29, 1.82) is 0 Å². The molecule has 0 saturated heterocycles. The average molecular weight is 291 g/mol. The predicted octanol–water partition coefficient (Wildman–Crippen LogP) is 1.51. The molecule has 9 heteroatoms. The number of hydrogen-bond acceptors (Lipinski definition) is 6. The Morgan fingerprint density at radius 3 is 2.95 bits per heavy atom. The molecule has 9 nitrogen and oxygen atoms in total. The summed E-state index contributed by atoms with van der Waals surface area (Å²) in [7, 11) is 0. The molecule has 0 atom stereocenters. The molecular weight excluding hydrogens is 278 g/mol. The van der Waals surface area contributed by atoms with Gasteiger partial charge in [-0.15, -0.1) is 0 Å². The Kier molecular flexibility index (Phi) is 4.80. The number of para-hydroxylation sites is 2. The molecule has 0 saturated carbocycles. The van der Waals surface area contributed by atoms with Crippen LogP contribution in [0.4, 0.5) is 11.6 Å². The smallest absolute Gasteiger partial charge is 0.310 e. The van der Waals surface area contributed by atoms with Crippen LogP contribution in [-0.4, -0.2) is 32.6 Å². The number of rotatable bonds is 7. The number of H-pyrrole nitrogens is 1. The lowest BCUT2D eigenvalue weighted by atomic mass is 10.3. The summed E-state index contributed by atoms with van der Waals surface area (Å²) >= 11 is 0. The lowest BCUT2D eigenvalue weighted by Gasteiger charge is -2.06. The van der Waals surface area contributed by atoms with E-state index in [1.165, 1.54) is 18.5 Å². The molecule has 1 amide bonds. The van der Waals surface area contributed by atoms with Gasteiger partial charge in [0.15, 0.2) is 5.75 Å². The van der Waals surface area contributed by atoms with Crippen LogP contribution in [0.2, 0.25) is 0 Å². The van der Waals surface area contributed by atoms with Crippen molar-refractivity contribution in [3.63, 3.8) is 0 Å². The summed E-state index contributed by atoms with van der Waals surface area (Å²) in [5.74, 6) is 0.232. The molecule has 0 unspecified atom stereocenters. The Morgan fingerprint density at radius 2 is 2.24 bits per heavy atom. The topological polar surface area (TPSA) is 123 Å². The summed E-state index contributed by atoms with van der Waals surface area (Å²) < 4.78 is 5.33. The molecule has 0 fully saturated rings. The average Bonchev–Trinajstić information content (AvgIpc) is 2.96. The van der Waals surface area contributed by atoms with Gasteiger partial charge in [0.25, 0.3) is 0 Å². The lowest BCUT2D eigenvalue weighted by Crippen LogP contribution is -2.13. The van der Waals surface area contributed by atoms with E-state index in [-0.39, 0.29) is 36.3 Å². The number of aromatic nitrogens is 3. The minimum absolute atomic E-state index is 0.0939. The Balaban J connectivity index is 1.75. The number of nitrogens with zero attached hydrogens (tertiary/aromatic N) is 3. The van der Waals surface area contributed by atoms with Crippen LogP contribution < -0.4 is 10.1 Å². The molecule has 2 N–H and O–H groups in total. The van der Waals surface area contributed by atoms with E-state index < -0.39 is 4.92 Å². The van der Waals surface area contributed by atoms with Crippen LogP contribution in [-0.2, 0) is 4.79 Å². The van der Waals surface area contributed by atoms with Crippen LogP contribution in [0.15, 0.2) is 30.6 Å². The van der Waals surface area contributed by atoms with Gasteiger partial charge in [-0.2, -0.15) is 10.1 Å². The molecule has 1 aromatic carbocycles. The molecule has 1 aromatic heterocycles. The number of nitrogens with one attached hydrogen (secondary N) is 2. The van der Waals surface area contributed by atoms with E-state index >= 15 is 0 Å². The third kappa shape index (κ3) is 4.27. The van der Waals surface area contributed by atoms with E-state index in [2.05, 4.69) is 20.5 Å². The molecule has 0 bridgehead atoms. The highest BCUT2D eigenvalue weighted by Crippen LogP contribution is 2.25. The number of benzene rings is 1. The molecule has 1 heterocycles. The number of carbonyl (C=O) groups is 1. The first-order valence-corrected chi connectivity index (χ1v) is 6.18. The molecule has 0 aliphatic heterocycles. The summed E-state index contributed by atoms with van der Waals surface area (Å²) in [5, 5.41) is 19.4. The third-order valence-corrected chi connectivity index (χ3v) is 2.54. The van der Waals surface area contributed by atoms with Crippen LogP contribution in [0.3, 0.4) is 0 Å². The Bertz CT molecular complexity index is 614. The molecule has 110 valence electrons. The number of hydrogen-bond donors (Lipinski definition) is 2. The summed E-state index contributed by atoms with van der Waals surface area (Å²) in [6, 6.07) is 6.10. The van der Waals surface area contributed by atoms with Crippen LogP contribution in [0.5, 0.6) is 5.75 Å². The third-order valence-electron chi connectivity index (χ3n) is 2.54. The van der Waals surface area contributed by atoms with Crippen LogP contribution >= 0.6 is 0 Å². The van der Waals surface area contributed by atoms with Gasteiger partial charge in [-0.3, -0.25) is 20.2 Å². The highest BCUT2D eigenvalue weighted by molar-refractivity contribution is 5.88. The van der Waals surface area contributed by atoms with E-state index in [9.17, 15) is 14.9 Å². The number of anilines is 1. The second kappa shape index (κ2) is 6.98. The Labute approximate surface area is 119 Å². The quantitative estimate of drug-likeness (QED) is 0.453. The molecule has 0 aliphatic rings. The zero-order chi connectivity index (χ0) is 15.1. The van der Waals surface area contributed by atoms with E-state index in [1.807, 2.05) is 0 Å². The molecule has 0 radical (unpaired) electrons. The Hall–Kier alpha value is -2.97. The number of nitro benzene ring substituents is 1. The zero-order valence-electron chi connectivity index (χ0n) is 11.0. The summed E-state index contributed by atoms with van der Waals surface area (Å²) in [6.45, 7) is 0.203. The number of carbonyl (C=O) groups excluding carboxylic acids is 1. The minimum Gasteiger partial charge on any atom is -0.487 e. The summed E-state index contributed by atoms with van der Waals surface area (Å²) in [5.41, 5.74) is -0.0939. The van der Waals surface area contributed by atoms with E-state index in [0.29, 0.717) is 6.42 Å². The first-order chi connectivity index (χ1) is 10.2. The van der Waals surface area contributed by atoms with Crippen LogP contribution in [0.1, 0.15) is 12.8 Å². The lowest BCUT2D eigenvalue weighted by molar-refractivity contribution is -0.385. The van der Waals surface area contributed by atoms with Crippen molar-refractivity contribution in [3.05, 3.63) is 40.7 Å². The highest BCUT2D eigenvalue weighted by atomic mass is 16.6. The number of amides is 1. The van der Waals surface area contributed by atoms with Crippen molar-refractivity contribution in [2.75, 3.05) is 11.9 Å². The van der Waals surface area contributed by atoms with Gasteiger partial charge in [-0.25, -0.2) is 5.10 Å². The maximum Gasteiger partial charge on any atom is 0.310 e.